The first kappa shape index (κ1) is 11.2. The van der Waals surface area contributed by atoms with Crippen molar-refractivity contribution in [2.24, 2.45) is 0 Å². The van der Waals surface area contributed by atoms with E-state index in [4.69, 9.17) is 0 Å². The van der Waals surface area contributed by atoms with E-state index in [9.17, 15) is 5.11 Å². The van der Waals surface area contributed by atoms with E-state index >= 15 is 0 Å². The number of allylic oxidation sites excluding steroid dienone is 1. The molecule has 0 aliphatic heterocycles. The highest BCUT2D eigenvalue weighted by atomic mass is 16.3. The molecule has 2 heteroatoms. The highest BCUT2D eigenvalue weighted by Gasteiger charge is 2.29. The number of rotatable bonds is 3. The van der Waals surface area contributed by atoms with Gasteiger partial charge in [0.15, 0.2) is 0 Å². The first-order valence-electron chi connectivity index (χ1n) is 6.39. The van der Waals surface area contributed by atoms with Crippen LogP contribution >= 0.6 is 0 Å². The number of hydrogen-bond acceptors (Lipinski definition) is 2. The summed E-state index contributed by atoms with van der Waals surface area (Å²) in [7, 11) is 0. The first-order chi connectivity index (χ1) is 7.29. The van der Waals surface area contributed by atoms with E-state index in [2.05, 4.69) is 17.5 Å². The second-order valence-electron chi connectivity index (χ2n) is 5.15. The Hall–Kier alpha value is -0.340. The first-order valence-corrected chi connectivity index (χ1v) is 6.39. The Bertz CT molecular complexity index is 219. The third kappa shape index (κ3) is 3.32. The standard InChI is InChI=1S/C13H23NO/c15-13(9-5-2-6-10-13)11-14-12-7-3-1-4-8-12/h1,3,12,14-15H,2,4-11H2. The molecule has 1 unspecified atom stereocenters. The predicted molar refractivity (Wildman–Crippen MR) is 62.8 cm³/mol. The van der Waals surface area contributed by atoms with Gasteiger partial charge < -0.3 is 10.4 Å². The van der Waals surface area contributed by atoms with Crippen molar-refractivity contribution in [1.82, 2.24) is 5.32 Å². The van der Waals surface area contributed by atoms with Crippen LogP contribution in [0.4, 0.5) is 0 Å². The summed E-state index contributed by atoms with van der Waals surface area (Å²) in [5.41, 5.74) is -0.403. The van der Waals surface area contributed by atoms with E-state index in [-0.39, 0.29) is 0 Å². The molecule has 0 aromatic rings. The lowest BCUT2D eigenvalue weighted by molar-refractivity contribution is 0.00243. The van der Waals surface area contributed by atoms with Crippen molar-refractivity contribution in [3.8, 4) is 0 Å². The maximum absolute atomic E-state index is 10.3. The van der Waals surface area contributed by atoms with Gasteiger partial charge in [-0.1, -0.05) is 31.4 Å². The van der Waals surface area contributed by atoms with Gasteiger partial charge in [-0.15, -0.1) is 0 Å². The Kier molecular flexibility index (Phi) is 3.81. The van der Waals surface area contributed by atoms with Crippen LogP contribution in [0.5, 0.6) is 0 Å². The van der Waals surface area contributed by atoms with Gasteiger partial charge in [-0.3, -0.25) is 0 Å². The molecule has 0 aromatic carbocycles. The van der Waals surface area contributed by atoms with Crippen molar-refractivity contribution < 1.29 is 5.11 Å². The van der Waals surface area contributed by atoms with Gasteiger partial charge in [0.05, 0.1) is 5.60 Å². The maximum Gasteiger partial charge on any atom is 0.0771 e. The zero-order valence-corrected chi connectivity index (χ0v) is 9.54. The van der Waals surface area contributed by atoms with Gasteiger partial charge in [0.1, 0.15) is 0 Å². The van der Waals surface area contributed by atoms with Gasteiger partial charge in [0.25, 0.3) is 0 Å². The summed E-state index contributed by atoms with van der Waals surface area (Å²) in [4.78, 5) is 0. The van der Waals surface area contributed by atoms with Crippen LogP contribution in [0.25, 0.3) is 0 Å². The molecule has 2 rings (SSSR count). The van der Waals surface area contributed by atoms with Gasteiger partial charge in [0.2, 0.25) is 0 Å². The quantitative estimate of drug-likeness (QED) is 0.699. The zero-order chi connectivity index (χ0) is 10.6. The van der Waals surface area contributed by atoms with Crippen molar-refractivity contribution in [1.29, 1.82) is 0 Å². The summed E-state index contributed by atoms with van der Waals surface area (Å²) in [5, 5.41) is 13.9. The lowest BCUT2D eigenvalue weighted by Crippen LogP contribution is -2.45. The fourth-order valence-corrected chi connectivity index (χ4v) is 2.70. The van der Waals surface area contributed by atoms with Crippen LogP contribution in [-0.2, 0) is 0 Å². The van der Waals surface area contributed by atoms with Gasteiger partial charge in [-0.25, -0.2) is 0 Å². The van der Waals surface area contributed by atoms with Crippen molar-refractivity contribution >= 4 is 0 Å². The molecule has 2 nitrogen and oxygen atoms in total. The zero-order valence-electron chi connectivity index (χ0n) is 9.54. The van der Waals surface area contributed by atoms with E-state index in [0.29, 0.717) is 6.04 Å². The summed E-state index contributed by atoms with van der Waals surface area (Å²) in [6, 6.07) is 0.598. The Morgan fingerprint density at radius 1 is 1.20 bits per heavy atom. The fourth-order valence-electron chi connectivity index (χ4n) is 2.70. The van der Waals surface area contributed by atoms with Crippen LogP contribution in [0.3, 0.4) is 0 Å². The lowest BCUT2D eigenvalue weighted by atomic mass is 9.84. The summed E-state index contributed by atoms with van der Waals surface area (Å²) in [6.45, 7) is 0.797. The molecule has 1 atom stereocenters. The molecule has 2 aliphatic carbocycles. The molecule has 1 fully saturated rings. The molecule has 0 spiro atoms. The summed E-state index contributed by atoms with van der Waals surface area (Å²) < 4.78 is 0. The van der Waals surface area contributed by atoms with E-state index in [0.717, 1.165) is 25.8 Å². The third-order valence-electron chi connectivity index (χ3n) is 3.77. The second kappa shape index (κ2) is 5.13. The molecule has 0 amide bonds. The van der Waals surface area contributed by atoms with E-state index < -0.39 is 5.60 Å². The molecule has 0 radical (unpaired) electrons. The lowest BCUT2D eigenvalue weighted by Gasteiger charge is -2.34. The van der Waals surface area contributed by atoms with Gasteiger partial charge in [0, 0.05) is 12.6 Å². The number of hydrogen-bond donors (Lipinski definition) is 2. The highest BCUT2D eigenvalue weighted by molar-refractivity contribution is 4.94. The van der Waals surface area contributed by atoms with E-state index in [1.54, 1.807) is 0 Å². The molecule has 0 bridgehead atoms. The van der Waals surface area contributed by atoms with Crippen LogP contribution in [-0.4, -0.2) is 23.3 Å². The van der Waals surface area contributed by atoms with Gasteiger partial charge in [-0.05, 0) is 32.1 Å². The van der Waals surface area contributed by atoms with Crippen molar-refractivity contribution in [3.05, 3.63) is 12.2 Å². The average molecular weight is 209 g/mol. The fraction of sp³-hybridized carbons (Fsp3) is 0.846. The molecule has 2 N–H and O–H groups in total. The van der Waals surface area contributed by atoms with Crippen LogP contribution in [0, 0.1) is 0 Å². The van der Waals surface area contributed by atoms with E-state index in [1.165, 1.54) is 32.1 Å². The highest BCUT2D eigenvalue weighted by Crippen LogP contribution is 2.27. The largest absolute Gasteiger partial charge is 0.389 e. The number of nitrogens with one attached hydrogen (secondary N) is 1. The molecule has 2 aliphatic rings. The summed E-state index contributed by atoms with van der Waals surface area (Å²) >= 11 is 0. The summed E-state index contributed by atoms with van der Waals surface area (Å²) in [6.07, 6.45) is 13.7. The summed E-state index contributed by atoms with van der Waals surface area (Å²) in [5.74, 6) is 0. The minimum atomic E-state index is -0.403. The molecular formula is C13H23NO. The minimum Gasteiger partial charge on any atom is -0.389 e. The molecule has 0 heterocycles. The molecule has 15 heavy (non-hydrogen) atoms. The number of aliphatic hydroxyl groups is 1. The van der Waals surface area contributed by atoms with Gasteiger partial charge in [-0.2, -0.15) is 0 Å². The van der Waals surface area contributed by atoms with Crippen LogP contribution in [0.1, 0.15) is 51.4 Å². The smallest absolute Gasteiger partial charge is 0.0771 e. The molecule has 1 saturated carbocycles. The Balaban J connectivity index is 1.73. The normalized spacial score (nSPS) is 30.3. The molecular weight excluding hydrogens is 186 g/mol. The average Bonchev–Trinajstić information content (AvgIpc) is 2.29. The van der Waals surface area contributed by atoms with Crippen LogP contribution < -0.4 is 5.32 Å². The van der Waals surface area contributed by atoms with Crippen molar-refractivity contribution in [2.75, 3.05) is 6.54 Å². The third-order valence-corrected chi connectivity index (χ3v) is 3.77. The Labute approximate surface area is 92.8 Å². The Morgan fingerprint density at radius 3 is 2.67 bits per heavy atom. The molecule has 0 aromatic heterocycles. The minimum absolute atomic E-state index is 0.403. The topological polar surface area (TPSA) is 32.3 Å². The maximum atomic E-state index is 10.3. The SMILES string of the molecule is OC1(CNC2CC=CCC2)CCCCC1. The van der Waals surface area contributed by atoms with E-state index in [1.807, 2.05) is 0 Å². The molecule has 0 saturated heterocycles. The second-order valence-corrected chi connectivity index (χ2v) is 5.15. The van der Waals surface area contributed by atoms with Gasteiger partial charge >= 0.3 is 0 Å². The molecule has 86 valence electrons. The van der Waals surface area contributed by atoms with Crippen molar-refractivity contribution in [3.63, 3.8) is 0 Å². The monoisotopic (exact) mass is 209 g/mol. The van der Waals surface area contributed by atoms with Crippen LogP contribution in [0.15, 0.2) is 12.2 Å². The van der Waals surface area contributed by atoms with Crippen LogP contribution in [0.2, 0.25) is 0 Å². The van der Waals surface area contributed by atoms with Crippen molar-refractivity contribution in [2.45, 2.75) is 63.0 Å². The Morgan fingerprint density at radius 2 is 2.00 bits per heavy atom. The predicted octanol–water partition coefficient (Wildman–Crippen LogP) is 2.38.